The van der Waals surface area contributed by atoms with Gasteiger partial charge in [-0.05, 0) is 25.0 Å². The average molecular weight is 450 g/mol. The predicted molar refractivity (Wildman–Crippen MR) is 120 cm³/mol. The molecule has 1 fully saturated rings. The highest BCUT2D eigenvalue weighted by Gasteiger charge is 2.34. The van der Waals surface area contributed by atoms with E-state index in [9.17, 15) is 14.4 Å². The van der Waals surface area contributed by atoms with E-state index in [-0.39, 0.29) is 17.7 Å². The average Bonchev–Trinajstić information content (AvgIpc) is 3.39. The van der Waals surface area contributed by atoms with Crippen LogP contribution in [0.4, 0.5) is 5.95 Å². The molecule has 5 rings (SSSR count). The number of ether oxygens (including phenoxy) is 1. The van der Waals surface area contributed by atoms with Crippen LogP contribution in [0.25, 0.3) is 0 Å². The zero-order valence-electron chi connectivity index (χ0n) is 18.5. The first kappa shape index (κ1) is 21.5. The highest BCUT2D eigenvalue weighted by Crippen LogP contribution is 2.25. The van der Waals surface area contributed by atoms with Gasteiger partial charge >= 0.3 is 0 Å². The van der Waals surface area contributed by atoms with Crippen LogP contribution < -0.4 is 4.90 Å². The number of fused-ring (bicyclic) bond motifs is 2. The maximum absolute atomic E-state index is 12.7. The molecular weight excluding hydrogens is 422 g/mol. The highest BCUT2D eigenvalue weighted by atomic mass is 16.5. The van der Waals surface area contributed by atoms with E-state index >= 15 is 0 Å². The molecule has 1 aromatic carbocycles. The number of amides is 3. The summed E-state index contributed by atoms with van der Waals surface area (Å²) >= 11 is 0. The number of unbranched alkanes of at least 4 members (excludes halogenated alkanes) is 2. The molecular formula is C24H27N5O4. The van der Waals surface area contributed by atoms with Gasteiger partial charge in [0.1, 0.15) is 0 Å². The zero-order chi connectivity index (χ0) is 22.8. The molecule has 9 heteroatoms. The van der Waals surface area contributed by atoms with E-state index in [2.05, 4.69) is 9.88 Å². The van der Waals surface area contributed by atoms with Gasteiger partial charge in [0.15, 0.2) is 0 Å². The normalized spacial score (nSPS) is 17.5. The van der Waals surface area contributed by atoms with Crippen LogP contribution in [0.15, 0.2) is 30.5 Å². The summed E-state index contributed by atoms with van der Waals surface area (Å²) < 4.78 is 5.39. The fourth-order valence-electron chi connectivity index (χ4n) is 4.56. The Morgan fingerprint density at radius 3 is 2.42 bits per heavy atom. The molecule has 3 aliphatic heterocycles. The fraction of sp³-hybridized carbons (Fsp3) is 0.458. The standard InChI is InChI=1S/C24H27N5O4/c30-21(8-2-1-5-9-29-22(31)18-6-3-4-7-19(18)23(29)32)28-15-17-14-25-24(26-20(17)16-28)27-10-12-33-13-11-27/h3-4,6-7,14H,1-2,5,8-13,15-16H2. The van der Waals surface area contributed by atoms with Gasteiger partial charge in [-0.25, -0.2) is 9.97 Å². The van der Waals surface area contributed by atoms with Gasteiger partial charge in [-0.3, -0.25) is 19.3 Å². The lowest BCUT2D eigenvalue weighted by atomic mass is 10.1. The Kier molecular flexibility index (Phi) is 6.04. The molecule has 1 saturated heterocycles. The lowest BCUT2D eigenvalue weighted by Crippen LogP contribution is -2.37. The minimum atomic E-state index is -0.223. The largest absolute Gasteiger partial charge is 0.378 e. The van der Waals surface area contributed by atoms with Crippen LogP contribution in [0.1, 0.15) is 57.7 Å². The first-order chi connectivity index (χ1) is 16.1. The first-order valence-electron chi connectivity index (χ1n) is 11.5. The van der Waals surface area contributed by atoms with Crippen molar-refractivity contribution in [1.82, 2.24) is 19.8 Å². The number of aromatic nitrogens is 2. The summed E-state index contributed by atoms with van der Waals surface area (Å²) in [6.07, 6.45) is 4.47. The quantitative estimate of drug-likeness (QED) is 0.471. The van der Waals surface area contributed by atoms with Gasteiger partial charge in [0, 0.05) is 44.4 Å². The van der Waals surface area contributed by atoms with E-state index in [0.29, 0.717) is 62.8 Å². The number of nitrogens with zero attached hydrogens (tertiary/aromatic N) is 5. The van der Waals surface area contributed by atoms with Crippen LogP contribution in [0.5, 0.6) is 0 Å². The van der Waals surface area contributed by atoms with E-state index in [1.54, 1.807) is 24.3 Å². The van der Waals surface area contributed by atoms with Gasteiger partial charge in [-0.15, -0.1) is 0 Å². The van der Waals surface area contributed by atoms with E-state index in [1.165, 1.54) is 4.90 Å². The summed E-state index contributed by atoms with van der Waals surface area (Å²) in [4.78, 5) is 51.9. The van der Waals surface area contributed by atoms with Gasteiger partial charge in [-0.1, -0.05) is 18.6 Å². The summed E-state index contributed by atoms with van der Waals surface area (Å²) in [5.41, 5.74) is 2.88. The molecule has 0 radical (unpaired) electrons. The second kappa shape index (κ2) is 9.27. The van der Waals surface area contributed by atoms with Crippen molar-refractivity contribution in [2.75, 3.05) is 37.7 Å². The van der Waals surface area contributed by atoms with Crippen LogP contribution in [-0.4, -0.2) is 70.3 Å². The van der Waals surface area contributed by atoms with Gasteiger partial charge in [0.2, 0.25) is 11.9 Å². The molecule has 1 aromatic heterocycles. The first-order valence-corrected chi connectivity index (χ1v) is 11.5. The fourth-order valence-corrected chi connectivity index (χ4v) is 4.56. The molecule has 33 heavy (non-hydrogen) atoms. The van der Waals surface area contributed by atoms with Crippen molar-refractivity contribution < 1.29 is 19.1 Å². The SMILES string of the molecule is O=C(CCCCCN1C(=O)c2ccccc2C1=O)N1Cc2cnc(N3CCOCC3)nc2C1. The number of imide groups is 1. The third-order valence-corrected chi connectivity index (χ3v) is 6.44. The van der Waals surface area contributed by atoms with Crippen molar-refractivity contribution in [1.29, 1.82) is 0 Å². The van der Waals surface area contributed by atoms with Crippen molar-refractivity contribution in [2.45, 2.75) is 38.8 Å². The summed E-state index contributed by atoms with van der Waals surface area (Å²) in [7, 11) is 0. The van der Waals surface area contributed by atoms with Crippen LogP contribution in [0.2, 0.25) is 0 Å². The molecule has 3 aliphatic rings. The Labute approximate surface area is 192 Å². The molecule has 0 saturated carbocycles. The minimum absolute atomic E-state index is 0.0988. The van der Waals surface area contributed by atoms with Crippen molar-refractivity contribution in [3.05, 3.63) is 52.8 Å². The number of carbonyl (C=O) groups excluding carboxylic acids is 3. The second-order valence-electron chi connectivity index (χ2n) is 8.61. The van der Waals surface area contributed by atoms with Gasteiger partial charge < -0.3 is 14.5 Å². The lowest BCUT2D eigenvalue weighted by Gasteiger charge is -2.26. The molecule has 0 atom stereocenters. The van der Waals surface area contributed by atoms with Crippen LogP contribution in [-0.2, 0) is 22.6 Å². The van der Waals surface area contributed by atoms with E-state index in [1.807, 2.05) is 11.1 Å². The molecule has 0 aliphatic carbocycles. The smallest absolute Gasteiger partial charge is 0.261 e. The van der Waals surface area contributed by atoms with Crippen molar-refractivity contribution in [3.8, 4) is 0 Å². The summed E-state index contributed by atoms with van der Waals surface area (Å²) in [5.74, 6) is 0.360. The predicted octanol–water partition coefficient (Wildman–Crippen LogP) is 2.01. The topological polar surface area (TPSA) is 95.9 Å². The molecule has 172 valence electrons. The number of hydrogen-bond acceptors (Lipinski definition) is 7. The van der Waals surface area contributed by atoms with Crippen LogP contribution in [0.3, 0.4) is 0 Å². The molecule has 9 nitrogen and oxygen atoms in total. The summed E-state index contributed by atoms with van der Waals surface area (Å²) in [6.45, 7) is 4.37. The molecule has 0 spiro atoms. The Morgan fingerprint density at radius 2 is 1.70 bits per heavy atom. The third kappa shape index (κ3) is 4.32. The molecule has 0 bridgehead atoms. The highest BCUT2D eigenvalue weighted by molar-refractivity contribution is 6.21. The zero-order valence-corrected chi connectivity index (χ0v) is 18.5. The van der Waals surface area contributed by atoms with E-state index in [4.69, 9.17) is 9.72 Å². The van der Waals surface area contributed by atoms with Crippen molar-refractivity contribution in [3.63, 3.8) is 0 Å². The number of anilines is 1. The van der Waals surface area contributed by atoms with Crippen molar-refractivity contribution in [2.24, 2.45) is 0 Å². The Hall–Kier alpha value is -3.33. The number of hydrogen-bond donors (Lipinski definition) is 0. The Balaban J connectivity index is 1.06. The monoisotopic (exact) mass is 449 g/mol. The number of benzene rings is 1. The number of carbonyl (C=O) groups is 3. The number of morpholine rings is 1. The number of rotatable bonds is 7. The molecule has 0 unspecified atom stereocenters. The molecule has 2 aromatic rings. The second-order valence-corrected chi connectivity index (χ2v) is 8.61. The molecule has 0 N–H and O–H groups in total. The maximum Gasteiger partial charge on any atom is 0.261 e. The van der Waals surface area contributed by atoms with Crippen LogP contribution in [0, 0.1) is 0 Å². The Morgan fingerprint density at radius 1 is 0.970 bits per heavy atom. The summed E-state index contributed by atoms with van der Waals surface area (Å²) in [6, 6.07) is 6.92. The molecule has 3 amide bonds. The van der Waals surface area contributed by atoms with Gasteiger partial charge in [0.05, 0.1) is 36.6 Å². The van der Waals surface area contributed by atoms with Crippen LogP contribution >= 0.6 is 0 Å². The Bertz CT molecular complexity index is 1050. The van der Waals surface area contributed by atoms with E-state index < -0.39 is 0 Å². The van der Waals surface area contributed by atoms with Gasteiger partial charge in [0.25, 0.3) is 11.8 Å². The summed E-state index contributed by atoms with van der Waals surface area (Å²) in [5, 5.41) is 0. The van der Waals surface area contributed by atoms with Gasteiger partial charge in [-0.2, -0.15) is 0 Å². The lowest BCUT2D eigenvalue weighted by molar-refractivity contribution is -0.132. The molecule has 4 heterocycles. The minimum Gasteiger partial charge on any atom is -0.378 e. The van der Waals surface area contributed by atoms with E-state index in [0.717, 1.165) is 37.2 Å². The third-order valence-electron chi connectivity index (χ3n) is 6.44. The maximum atomic E-state index is 12.7. The van der Waals surface area contributed by atoms with Crippen molar-refractivity contribution >= 4 is 23.7 Å².